The van der Waals surface area contributed by atoms with Gasteiger partial charge in [-0.05, 0) is 36.2 Å². The van der Waals surface area contributed by atoms with E-state index in [9.17, 15) is 4.79 Å². The van der Waals surface area contributed by atoms with Gasteiger partial charge < -0.3 is 19.5 Å². The number of nitrogens with one attached hydrogen (secondary N) is 1. The minimum atomic E-state index is -0.217. The Morgan fingerprint density at radius 2 is 2.12 bits per heavy atom. The number of carbonyl (C=O) groups is 1. The molecule has 0 saturated carbocycles. The van der Waals surface area contributed by atoms with E-state index in [1.807, 2.05) is 37.3 Å². The summed E-state index contributed by atoms with van der Waals surface area (Å²) in [7, 11) is 0. The summed E-state index contributed by atoms with van der Waals surface area (Å²) in [6.45, 7) is 3.41. The van der Waals surface area contributed by atoms with Crippen LogP contribution in [0.15, 0.2) is 52.0 Å². The topological polar surface area (TPSA) is 67.1 Å². The average molecular weight is 362 g/mol. The molecule has 0 radical (unpaired) electrons. The molecule has 1 atom stereocenters. The number of urea groups is 1. The van der Waals surface area contributed by atoms with Gasteiger partial charge in [0.25, 0.3) is 0 Å². The van der Waals surface area contributed by atoms with Crippen LogP contribution in [0, 0.1) is 0 Å². The Kier molecular flexibility index (Phi) is 5.60. The summed E-state index contributed by atoms with van der Waals surface area (Å²) in [4.78, 5) is 19.6. The van der Waals surface area contributed by atoms with Crippen molar-refractivity contribution in [2.75, 3.05) is 13.1 Å². The molecule has 3 rings (SSSR count). The lowest BCUT2D eigenvalue weighted by atomic mass is 10.1. The van der Waals surface area contributed by atoms with E-state index in [2.05, 4.69) is 10.5 Å². The molecule has 132 valence electrons. The first-order valence-electron chi connectivity index (χ1n) is 8.20. The summed E-state index contributed by atoms with van der Waals surface area (Å²) in [5.74, 6) is 0.597. The second-order valence-corrected chi connectivity index (χ2v) is 6.15. The number of carbonyl (C=O) groups excluding carboxylic acids is 1. The average Bonchev–Trinajstić information content (AvgIpc) is 3.24. The SMILES string of the molecule is CCNC(=O)N(Cc1ccccc1)C[C@@H]1CC(c2ccc(Cl)o2)=NO1. The van der Waals surface area contributed by atoms with E-state index in [-0.39, 0.29) is 12.1 Å². The number of hydrogen-bond acceptors (Lipinski definition) is 4. The van der Waals surface area contributed by atoms with Crippen LogP contribution in [0.2, 0.25) is 5.22 Å². The number of oxime groups is 1. The minimum Gasteiger partial charge on any atom is -0.443 e. The van der Waals surface area contributed by atoms with Crippen LogP contribution in [0.1, 0.15) is 24.7 Å². The van der Waals surface area contributed by atoms with Gasteiger partial charge in [-0.2, -0.15) is 0 Å². The van der Waals surface area contributed by atoms with E-state index in [0.717, 1.165) is 5.56 Å². The Morgan fingerprint density at radius 1 is 1.32 bits per heavy atom. The van der Waals surface area contributed by atoms with E-state index < -0.39 is 0 Å². The van der Waals surface area contributed by atoms with Crippen molar-refractivity contribution in [3.8, 4) is 0 Å². The molecule has 25 heavy (non-hydrogen) atoms. The van der Waals surface area contributed by atoms with Gasteiger partial charge in [0.2, 0.25) is 0 Å². The first kappa shape index (κ1) is 17.4. The summed E-state index contributed by atoms with van der Waals surface area (Å²) in [5.41, 5.74) is 1.76. The summed E-state index contributed by atoms with van der Waals surface area (Å²) < 4.78 is 5.36. The Labute approximate surface area is 151 Å². The number of halogens is 1. The molecule has 1 aliphatic rings. The minimum absolute atomic E-state index is 0.121. The molecule has 0 fully saturated rings. The number of amides is 2. The Morgan fingerprint density at radius 3 is 2.80 bits per heavy atom. The summed E-state index contributed by atoms with van der Waals surface area (Å²) in [6.07, 6.45) is 0.347. The van der Waals surface area contributed by atoms with Gasteiger partial charge in [-0.25, -0.2) is 4.79 Å². The lowest BCUT2D eigenvalue weighted by Crippen LogP contribution is -2.43. The highest BCUT2D eigenvalue weighted by atomic mass is 35.5. The van der Waals surface area contributed by atoms with E-state index in [1.54, 1.807) is 17.0 Å². The molecular weight excluding hydrogens is 342 g/mol. The summed E-state index contributed by atoms with van der Waals surface area (Å²) in [5, 5.41) is 7.23. The fraction of sp³-hybridized carbons (Fsp3) is 0.333. The normalized spacial score (nSPS) is 16.2. The Bertz CT molecular complexity index is 745. The van der Waals surface area contributed by atoms with Crippen LogP contribution in [-0.4, -0.2) is 35.8 Å². The molecule has 2 amide bonds. The predicted octanol–water partition coefficient (Wildman–Crippen LogP) is 3.66. The van der Waals surface area contributed by atoms with E-state index in [4.69, 9.17) is 20.9 Å². The highest BCUT2D eigenvalue weighted by Crippen LogP contribution is 2.22. The number of nitrogens with zero attached hydrogens (tertiary/aromatic N) is 2. The molecule has 1 aromatic carbocycles. The smallest absolute Gasteiger partial charge is 0.317 e. The summed E-state index contributed by atoms with van der Waals surface area (Å²) in [6, 6.07) is 13.2. The van der Waals surface area contributed by atoms with Crippen LogP contribution in [-0.2, 0) is 11.4 Å². The molecule has 2 heterocycles. The molecule has 0 aliphatic carbocycles. The van der Waals surface area contributed by atoms with Gasteiger partial charge in [0.15, 0.2) is 17.1 Å². The number of hydrogen-bond donors (Lipinski definition) is 1. The van der Waals surface area contributed by atoms with Crippen molar-refractivity contribution >= 4 is 23.3 Å². The molecule has 7 heteroatoms. The van der Waals surface area contributed by atoms with Crippen LogP contribution in [0.3, 0.4) is 0 Å². The molecule has 1 N–H and O–H groups in total. The lowest BCUT2D eigenvalue weighted by Gasteiger charge is -2.25. The maximum absolute atomic E-state index is 12.4. The highest BCUT2D eigenvalue weighted by Gasteiger charge is 2.28. The van der Waals surface area contributed by atoms with Crippen molar-refractivity contribution in [2.45, 2.75) is 26.0 Å². The van der Waals surface area contributed by atoms with Crippen molar-refractivity contribution in [1.29, 1.82) is 0 Å². The van der Waals surface area contributed by atoms with Gasteiger partial charge in [0.1, 0.15) is 5.71 Å². The molecule has 2 aromatic rings. The van der Waals surface area contributed by atoms with Crippen molar-refractivity contribution in [2.24, 2.45) is 5.16 Å². The third-order valence-electron chi connectivity index (χ3n) is 3.85. The Hall–Kier alpha value is -2.47. The second-order valence-electron chi connectivity index (χ2n) is 5.77. The molecule has 0 spiro atoms. The molecule has 1 aliphatic heterocycles. The maximum Gasteiger partial charge on any atom is 0.317 e. The number of rotatable bonds is 6. The van der Waals surface area contributed by atoms with Crippen LogP contribution in [0.4, 0.5) is 4.79 Å². The van der Waals surface area contributed by atoms with Gasteiger partial charge in [-0.1, -0.05) is 35.5 Å². The van der Waals surface area contributed by atoms with Gasteiger partial charge in [0.05, 0.1) is 6.54 Å². The van der Waals surface area contributed by atoms with Crippen molar-refractivity contribution in [3.05, 3.63) is 59.0 Å². The van der Waals surface area contributed by atoms with Gasteiger partial charge in [-0.15, -0.1) is 0 Å². The van der Waals surface area contributed by atoms with Crippen LogP contribution >= 0.6 is 11.6 Å². The van der Waals surface area contributed by atoms with Crippen molar-refractivity contribution in [3.63, 3.8) is 0 Å². The fourth-order valence-electron chi connectivity index (χ4n) is 2.67. The van der Waals surface area contributed by atoms with Gasteiger partial charge in [-0.3, -0.25) is 0 Å². The highest BCUT2D eigenvalue weighted by molar-refractivity contribution is 6.29. The standard InChI is InChI=1S/C18H20ClN3O3/c1-2-20-18(23)22(11-13-6-4-3-5-7-13)12-14-10-15(21-25-14)16-8-9-17(19)24-16/h3-9,14H,2,10-12H2,1H3,(H,20,23)/t14-/m0/s1. The van der Waals surface area contributed by atoms with E-state index in [1.165, 1.54) is 0 Å². The monoisotopic (exact) mass is 361 g/mol. The number of benzene rings is 1. The third-order valence-corrected chi connectivity index (χ3v) is 4.05. The molecule has 0 unspecified atom stereocenters. The lowest BCUT2D eigenvalue weighted by molar-refractivity contribution is 0.0590. The first-order chi connectivity index (χ1) is 12.2. The largest absolute Gasteiger partial charge is 0.443 e. The fourth-order valence-corrected chi connectivity index (χ4v) is 2.82. The van der Waals surface area contributed by atoms with Crippen molar-refractivity contribution < 1.29 is 14.0 Å². The molecule has 0 bridgehead atoms. The second kappa shape index (κ2) is 8.07. The first-order valence-corrected chi connectivity index (χ1v) is 8.58. The molecule has 6 nitrogen and oxygen atoms in total. The zero-order chi connectivity index (χ0) is 17.6. The predicted molar refractivity (Wildman–Crippen MR) is 95.7 cm³/mol. The van der Waals surface area contributed by atoms with Crippen LogP contribution in [0.25, 0.3) is 0 Å². The Balaban J connectivity index is 1.63. The molecule has 0 saturated heterocycles. The van der Waals surface area contributed by atoms with E-state index >= 15 is 0 Å². The quantitative estimate of drug-likeness (QED) is 0.853. The van der Waals surface area contributed by atoms with Crippen molar-refractivity contribution in [1.82, 2.24) is 10.2 Å². The molecule has 1 aromatic heterocycles. The van der Waals surface area contributed by atoms with Gasteiger partial charge in [0, 0.05) is 19.5 Å². The van der Waals surface area contributed by atoms with Crippen LogP contribution < -0.4 is 5.32 Å². The molecular formula is C18H20ClN3O3. The van der Waals surface area contributed by atoms with Gasteiger partial charge >= 0.3 is 6.03 Å². The van der Waals surface area contributed by atoms with E-state index in [0.29, 0.717) is 42.7 Å². The zero-order valence-corrected chi connectivity index (χ0v) is 14.7. The van der Waals surface area contributed by atoms with Crippen LogP contribution in [0.5, 0.6) is 0 Å². The maximum atomic E-state index is 12.4. The summed E-state index contributed by atoms with van der Waals surface area (Å²) >= 11 is 5.80. The third kappa shape index (κ3) is 4.54. The number of furan rings is 1. The zero-order valence-electron chi connectivity index (χ0n) is 13.9.